The molecule has 222 valence electrons. The van der Waals surface area contributed by atoms with Gasteiger partial charge in [-0.15, -0.1) is 0 Å². The monoisotopic (exact) mass is 584 g/mol. The first-order valence-corrected chi connectivity index (χ1v) is 12.7. The molecule has 3 amide bonds. The summed E-state index contributed by atoms with van der Waals surface area (Å²) in [5, 5.41) is 29.2. The van der Waals surface area contributed by atoms with Crippen molar-refractivity contribution in [3.63, 3.8) is 0 Å². The van der Waals surface area contributed by atoms with Crippen LogP contribution in [0.15, 0.2) is 41.0 Å². The number of carbonyl (C=O) groups is 2. The molecule has 1 aromatic heterocycles. The number of allylic oxidation sites excluding steroid dienone is 1. The van der Waals surface area contributed by atoms with Crippen LogP contribution < -0.4 is 10.6 Å². The molecule has 1 fully saturated rings. The number of urea groups is 1. The molecule has 0 radical (unpaired) electrons. The number of imidazole rings is 1. The van der Waals surface area contributed by atoms with Crippen molar-refractivity contribution in [3.05, 3.63) is 41.9 Å². The van der Waals surface area contributed by atoms with Crippen LogP contribution in [0.2, 0.25) is 0 Å². The van der Waals surface area contributed by atoms with Gasteiger partial charge in [0.25, 0.3) is 0 Å². The molecule has 1 aromatic carbocycles. The summed E-state index contributed by atoms with van der Waals surface area (Å²) >= 11 is 0. The van der Waals surface area contributed by atoms with Crippen LogP contribution in [0.5, 0.6) is 0 Å². The van der Waals surface area contributed by atoms with Gasteiger partial charge in [0.05, 0.1) is 36.8 Å². The zero-order chi connectivity index (χ0) is 30.9. The summed E-state index contributed by atoms with van der Waals surface area (Å²) in [5.74, 6) is -0.395. The van der Waals surface area contributed by atoms with Gasteiger partial charge in [0.1, 0.15) is 17.9 Å². The zero-order valence-corrected chi connectivity index (χ0v) is 23.0. The lowest BCUT2D eigenvalue weighted by Gasteiger charge is -2.46. The third kappa shape index (κ3) is 8.83. The molecule has 0 saturated carbocycles. The highest BCUT2D eigenvalue weighted by atomic mass is 19.4. The number of amides is 3. The standard InChI is InChI=1S/C27H31F3N10O2/c1-39(2)14-24(41)40-16-26(17-40,6-7-31)36-12-20(11-33)19(10-32)9-23-34-13-22(38-23)18-4-3-5-21(8-18)37-25(42)35-15-27(28,29)30/h3-5,8-13,20,32-33H,6,14-17H2,1-2H3,(H,34,38)(H2,35,37,42)/b19-9+,32-10?,33-11?,36-12?. The molecular weight excluding hydrogens is 553 g/mol. The number of rotatable bonds is 12. The van der Waals surface area contributed by atoms with Crippen LogP contribution in [0.3, 0.4) is 0 Å². The normalized spacial score (nSPS) is 15.5. The largest absolute Gasteiger partial charge is 0.405 e. The summed E-state index contributed by atoms with van der Waals surface area (Å²) in [5.41, 5.74) is 1.01. The maximum Gasteiger partial charge on any atom is 0.405 e. The summed E-state index contributed by atoms with van der Waals surface area (Å²) in [7, 11) is 3.59. The molecule has 1 saturated heterocycles. The van der Waals surface area contributed by atoms with E-state index in [0.717, 1.165) is 12.4 Å². The molecule has 15 heteroatoms. The van der Waals surface area contributed by atoms with E-state index in [1.54, 1.807) is 53.5 Å². The lowest BCUT2D eigenvalue weighted by atomic mass is 9.87. The average molecular weight is 585 g/mol. The van der Waals surface area contributed by atoms with E-state index in [0.29, 0.717) is 22.7 Å². The van der Waals surface area contributed by atoms with Crippen LogP contribution in [0.1, 0.15) is 12.2 Å². The Hall–Kier alpha value is -4.84. The topological polar surface area (TPSA) is 177 Å². The van der Waals surface area contributed by atoms with Gasteiger partial charge in [-0.2, -0.15) is 18.4 Å². The number of nitrogens with one attached hydrogen (secondary N) is 5. The highest BCUT2D eigenvalue weighted by Crippen LogP contribution is 2.29. The quantitative estimate of drug-likeness (QED) is 0.240. The third-order valence-corrected chi connectivity index (χ3v) is 6.20. The molecule has 3 rings (SSSR count). The van der Waals surface area contributed by atoms with Crippen molar-refractivity contribution in [1.82, 2.24) is 25.1 Å². The van der Waals surface area contributed by atoms with Gasteiger partial charge >= 0.3 is 12.2 Å². The maximum atomic E-state index is 12.3. The van der Waals surface area contributed by atoms with E-state index in [9.17, 15) is 28.0 Å². The highest BCUT2D eigenvalue weighted by molar-refractivity contribution is 5.99. The smallest absolute Gasteiger partial charge is 0.338 e. The van der Waals surface area contributed by atoms with Gasteiger partial charge in [-0.25, -0.2) is 9.78 Å². The lowest BCUT2D eigenvalue weighted by Crippen LogP contribution is -2.63. The Labute approximate surface area is 240 Å². The molecule has 1 unspecified atom stereocenters. The number of likely N-dealkylation sites (N-methyl/N-ethyl adjacent to an activating group) is 1. The van der Waals surface area contributed by atoms with E-state index in [2.05, 4.69) is 26.3 Å². The van der Waals surface area contributed by atoms with E-state index in [1.165, 1.54) is 18.5 Å². The number of nitriles is 1. The van der Waals surface area contributed by atoms with Gasteiger partial charge in [0, 0.05) is 43.0 Å². The predicted octanol–water partition coefficient (Wildman–Crippen LogP) is 3.19. The number of hydrogen-bond donors (Lipinski definition) is 5. The first-order chi connectivity index (χ1) is 19.9. The molecule has 2 heterocycles. The predicted molar refractivity (Wildman–Crippen MR) is 153 cm³/mol. The Balaban J connectivity index is 1.71. The van der Waals surface area contributed by atoms with Crippen LogP contribution in [0.25, 0.3) is 17.3 Å². The number of nitrogens with zero attached hydrogens (tertiary/aromatic N) is 5. The first-order valence-electron chi connectivity index (χ1n) is 12.7. The number of H-pyrrole nitrogens is 1. The summed E-state index contributed by atoms with van der Waals surface area (Å²) < 4.78 is 37.0. The molecule has 1 aliphatic rings. The molecule has 2 aromatic rings. The SMILES string of the molecule is CN(C)CC(=O)N1CC(CC#N)(N=CC(C=N)/C(C=N)=C/c2ncc(-c3cccc(NC(=O)NCC(F)(F)F)c3)[nH]2)C1. The van der Waals surface area contributed by atoms with Crippen LogP contribution in [0.4, 0.5) is 23.7 Å². The fourth-order valence-corrected chi connectivity index (χ4v) is 4.13. The van der Waals surface area contributed by atoms with Crippen LogP contribution in [-0.4, -0.2) is 102 Å². The van der Waals surface area contributed by atoms with Crippen molar-refractivity contribution >= 4 is 42.3 Å². The summed E-state index contributed by atoms with van der Waals surface area (Å²) in [6.07, 6.45) is 2.32. The number of aromatic amines is 1. The van der Waals surface area contributed by atoms with Crippen molar-refractivity contribution in [2.75, 3.05) is 45.6 Å². The molecule has 0 spiro atoms. The number of aromatic nitrogens is 2. The molecule has 12 nitrogen and oxygen atoms in total. The van der Waals surface area contributed by atoms with Gasteiger partial charge in [0.15, 0.2) is 0 Å². The highest BCUT2D eigenvalue weighted by Gasteiger charge is 2.44. The fraction of sp³-hybridized carbons (Fsp3) is 0.370. The van der Waals surface area contributed by atoms with Gasteiger partial charge in [-0.05, 0) is 37.9 Å². The molecule has 0 bridgehead atoms. The van der Waals surface area contributed by atoms with E-state index >= 15 is 0 Å². The second-order valence-electron chi connectivity index (χ2n) is 9.99. The maximum absolute atomic E-state index is 12.3. The second kappa shape index (κ2) is 13.7. The Morgan fingerprint density at radius 1 is 1.33 bits per heavy atom. The Morgan fingerprint density at radius 2 is 2.07 bits per heavy atom. The summed E-state index contributed by atoms with van der Waals surface area (Å²) in [6.45, 7) is -0.631. The molecule has 1 aliphatic heterocycles. The molecular formula is C27H31F3N10O2. The van der Waals surface area contributed by atoms with Crippen LogP contribution in [-0.2, 0) is 4.79 Å². The Morgan fingerprint density at radius 3 is 2.69 bits per heavy atom. The van der Waals surface area contributed by atoms with Gasteiger partial charge < -0.3 is 36.2 Å². The molecule has 0 aliphatic carbocycles. The van der Waals surface area contributed by atoms with Gasteiger partial charge in [0.2, 0.25) is 5.91 Å². The van der Waals surface area contributed by atoms with Gasteiger partial charge in [-0.3, -0.25) is 9.79 Å². The zero-order valence-electron chi connectivity index (χ0n) is 23.0. The van der Waals surface area contributed by atoms with Gasteiger partial charge in [-0.1, -0.05) is 12.1 Å². The van der Waals surface area contributed by atoms with E-state index in [1.807, 2.05) is 0 Å². The second-order valence-corrected chi connectivity index (χ2v) is 9.99. The minimum absolute atomic E-state index is 0.0629. The number of hydrogen-bond acceptors (Lipinski definition) is 8. The first kappa shape index (κ1) is 31.7. The number of benzene rings is 1. The number of alkyl halides is 3. The van der Waals surface area contributed by atoms with E-state index in [4.69, 9.17) is 10.8 Å². The number of anilines is 1. The van der Waals surface area contributed by atoms with Crippen LogP contribution >= 0.6 is 0 Å². The summed E-state index contributed by atoms with van der Waals surface area (Å²) in [6, 6.07) is 7.52. The third-order valence-electron chi connectivity index (χ3n) is 6.20. The minimum atomic E-state index is -4.53. The van der Waals surface area contributed by atoms with Crippen LogP contribution in [0, 0.1) is 28.1 Å². The summed E-state index contributed by atoms with van der Waals surface area (Å²) in [4.78, 5) is 39.4. The fourth-order valence-electron chi connectivity index (χ4n) is 4.13. The van der Waals surface area contributed by atoms with Crippen molar-refractivity contribution in [1.29, 1.82) is 16.1 Å². The number of halogens is 3. The van der Waals surface area contributed by atoms with E-state index in [-0.39, 0.29) is 37.6 Å². The molecule has 42 heavy (non-hydrogen) atoms. The molecule has 1 atom stereocenters. The Kier molecular flexibility index (Phi) is 10.3. The number of carbonyl (C=O) groups excluding carboxylic acids is 2. The van der Waals surface area contributed by atoms with Crippen molar-refractivity contribution in [3.8, 4) is 17.3 Å². The Bertz CT molecular complexity index is 1400. The van der Waals surface area contributed by atoms with Crippen molar-refractivity contribution in [2.24, 2.45) is 10.9 Å². The number of likely N-dealkylation sites (tertiary alicyclic amines) is 1. The average Bonchev–Trinajstić information content (AvgIpc) is 3.37. The van der Waals surface area contributed by atoms with Crippen molar-refractivity contribution in [2.45, 2.75) is 18.1 Å². The number of aliphatic imine (C=N–C) groups is 1. The van der Waals surface area contributed by atoms with E-state index < -0.39 is 30.2 Å². The van der Waals surface area contributed by atoms with Crippen molar-refractivity contribution < 1.29 is 22.8 Å². The molecule has 5 N–H and O–H groups in total. The lowest BCUT2D eigenvalue weighted by molar-refractivity contribution is -0.139. The minimum Gasteiger partial charge on any atom is -0.338 e.